The lowest BCUT2D eigenvalue weighted by molar-refractivity contribution is 0.111. The van der Waals surface area contributed by atoms with E-state index in [1.165, 1.54) is 11.1 Å². The van der Waals surface area contributed by atoms with E-state index in [4.69, 9.17) is 4.74 Å². The lowest BCUT2D eigenvalue weighted by Crippen LogP contribution is -2.32. The summed E-state index contributed by atoms with van der Waals surface area (Å²) in [6.45, 7) is 2.79. The molecule has 168 valence electrons. The Labute approximate surface area is 187 Å². The van der Waals surface area contributed by atoms with Crippen molar-refractivity contribution in [2.24, 2.45) is 0 Å². The molecule has 1 fully saturated rings. The minimum atomic E-state index is -0.469. The van der Waals surface area contributed by atoms with Crippen LogP contribution in [0.5, 0.6) is 0 Å². The molecule has 2 amide bonds. The van der Waals surface area contributed by atoms with Crippen molar-refractivity contribution < 1.29 is 14.3 Å². The normalized spacial score (nSPS) is 13.8. The third kappa shape index (κ3) is 5.57. The summed E-state index contributed by atoms with van der Waals surface area (Å²) in [4.78, 5) is 34.3. The first-order valence-corrected chi connectivity index (χ1v) is 10.4. The molecule has 10 nitrogen and oxygen atoms in total. The van der Waals surface area contributed by atoms with Crippen molar-refractivity contribution >= 4 is 29.6 Å². The van der Waals surface area contributed by atoms with Crippen LogP contribution in [-0.2, 0) is 4.74 Å². The van der Waals surface area contributed by atoms with E-state index in [0.29, 0.717) is 35.9 Å². The van der Waals surface area contributed by atoms with E-state index < -0.39 is 6.03 Å². The molecule has 0 atom stereocenters. The number of aldehydes is 1. The van der Waals surface area contributed by atoms with Gasteiger partial charge in [0.25, 0.3) is 0 Å². The molecule has 3 N–H and O–H groups in total. The van der Waals surface area contributed by atoms with Gasteiger partial charge in [-0.2, -0.15) is 5.26 Å². The van der Waals surface area contributed by atoms with Gasteiger partial charge in [-0.15, -0.1) is 0 Å². The Morgan fingerprint density at radius 1 is 1.41 bits per heavy atom. The number of nitrogens with one attached hydrogen (secondary N) is 3. The van der Waals surface area contributed by atoms with Gasteiger partial charge in [0.05, 0.1) is 17.9 Å². The van der Waals surface area contributed by atoms with Gasteiger partial charge in [0, 0.05) is 33.0 Å². The number of hydrogen-bond donors (Lipinski definition) is 3. The van der Waals surface area contributed by atoms with Gasteiger partial charge in [-0.25, -0.2) is 14.8 Å². The maximum absolute atomic E-state index is 12.8. The monoisotopic (exact) mass is 437 g/mol. The lowest BCUT2D eigenvalue weighted by atomic mass is 9.89. The highest BCUT2D eigenvalue weighted by atomic mass is 16.5. The Kier molecular flexibility index (Phi) is 8.08. The predicted octanol–water partition coefficient (Wildman–Crippen LogP) is 2.35. The molecule has 0 saturated carbocycles. The maximum atomic E-state index is 12.8. The molecule has 0 radical (unpaired) electrons. The average Bonchev–Trinajstić information content (AvgIpc) is 2.84. The van der Waals surface area contributed by atoms with Crippen molar-refractivity contribution in [1.29, 1.82) is 5.26 Å². The number of urea groups is 1. The first-order valence-electron chi connectivity index (χ1n) is 10.4. The molecule has 1 aliphatic rings. The van der Waals surface area contributed by atoms with E-state index in [-0.39, 0.29) is 11.7 Å². The second-order valence-corrected chi connectivity index (χ2v) is 7.42. The number of rotatable bonds is 8. The number of carbonyl (C=O) groups is 2. The number of ether oxygens (including phenoxy) is 1. The highest BCUT2D eigenvalue weighted by molar-refractivity contribution is 6.00. The predicted molar refractivity (Wildman–Crippen MR) is 121 cm³/mol. The number of aromatic nitrogens is 2. The van der Waals surface area contributed by atoms with Crippen LogP contribution in [0.15, 0.2) is 24.4 Å². The van der Waals surface area contributed by atoms with Crippen molar-refractivity contribution in [3.05, 3.63) is 41.2 Å². The van der Waals surface area contributed by atoms with Crippen LogP contribution in [0.4, 0.5) is 22.1 Å². The zero-order chi connectivity index (χ0) is 22.9. The number of amides is 2. The molecule has 10 heteroatoms. The number of carbonyl (C=O) groups excluding carboxylic acids is 2. The summed E-state index contributed by atoms with van der Waals surface area (Å²) < 4.78 is 5.01. The van der Waals surface area contributed by atoms with Crippen LogP contribution >= 0.6 is 0 Å². The van der Waals surface area contributed by atoms with Crippen molar-refractivity contribution in [2.45, 2.75) is 18.8 Å². The van der Waals surface area contributed by atoms with Gasteiger partial charge in [-0.1, -0.05) is 6.07 Å². The summed E-state index contributed by atoms with van der Waals surface area (Å²) in [5.41, 5.74) is 2.18. The molecule has 0 spiro atoms. The highest BCUT2D eigenvalue weighted by Crippen LogP contribution is 2.28. The SMILES string of the molecule is COCCNc1cc(NC(=O)N(C)c2ccc(C3CCNCC3)c(C=O)n2)ncc1C#N. The van der Waals surface area contributed by atoms with Gasteiger partial charge in [-0.05, 0) is 43.5 Å². The third-order valence-electron chi connectivity index (χ3n) is 5.36. The van der Waals surface area contributed by atoms with Crippen LogP contribution in [0.3, 0.4) is 0 Å². The van der Waals surface area contributed by atoms with Crippen LogP contribution in [0.1, 0.15) is 40.4 Å². The van der Waals surface area contributed by atoms with E-state index in [2.05, 4.69) is 32.0 Å². The van der Waals surface area contributed by atoms with Gasteiger partial charge >= 0.3 is 6.03 Å². The van der Waals surface area contributed by atoms with Crippen LogP contribution in [-0.4, -0.2) is 62.7 Å². The van der Waals surface area contributed by atoms with Gasteiger partial charge in [0.2, 0.25) is 0 Å². The smallest absolute Gasteiger partial charge is 0.328 e. The fourth-order valence-electron chi connectivity index (χ4n) is 3.58. The number of nitriles is 1. The zero-order valence-corrected chi connectivity index (χ0v) is 18.2. The fourth-order valence-corrected chi connectivity index (χ4v) is 3.58. The molecule has 2 aromatic heterocycles. The largest absolute Gasteiger partial charge is 0.383 e. The van der Waals surface area contributed by atoms with E-state index in [9.17, 15) is 14.9 Å². The lowest BCUT2D eigenvalue weighted by Gasteiger charge is -2.24. The van der Waals surface area contributed by atoms with Gasteiger partial charge < -0.3 is 15.4 Å². The first-order chi connectivity index (χ1) is 15.6. The molecule has 0 unspecified atom stereocenters. The molecule has 1 saturated heterocycles. The van der Waals surface area contributed by atoms with Crippen LogP contribution in [0, 0.1) is 11.3 Å². The molecule has 0 aromatic carbocycles. The fraction of sp³-hybridized carbons (Fsp3) is 0.409. The third-order valence-corrected chi connectivity index (χ3v) is 5.36. The number of methoxy groups -OCH3 is 1. The molecule has 0 aliphatic carbocycles. The first kappa shape index (κ1) is 23.1. The maximum Gasteiger partial charge on any atom is 0.328 e. The Bertz CT molecular complexity index is 1000. The topological polar surface area (TPSA) is 132 Å². The van der Waals surface area contributed by atoms with E-state index >= 15 is 0 Å². The van der Waals surface area contributed by atoms with Crippen molar-refractivity contribution in [1.82, 2.24) is 15.3 Å². The second kappa shape index (κ2) is 11.2. The van der Waals surface area contributed by atoms with Crippen molar-refractivity contribution in [2.75, 3.05) is 55.9 Å². The summed E-state index contributed by atoms with van der Waals surface area (Å²) in [7, 11) is 3.15. The van der Waals surface area contributed by atoms with E-state index in [1.807, 2.05) is 6.07 Å². The zero-order valence-electron chi connectivity index (χ0n) is 18.2. The Balaban J connectivity index is 1.73. The standard InChI is InChI=1S/C22H27N7O3/c1-29(21-4-3-17(19(14-30)27-21)15-5-7-24-8-6-15)22(31)28-20-11-18(25-9-10-32-2)16(12-23)13-26-20/h3-4,11,13-15,24H,5-10H2,1-2H3,(H2,25,26,28,31). The molecular formula is C22H27N7O3. The Hall–Kier alpha value is -3.55. The molecular weight excluding hydrogens is 410 g/mol. The Morgan fingerprint density at radius 2 is 2.19 bits per heavy atom. The van der Waals surface area contributed by atoms with E-state index in [0.717, 1.165) is 37.8 Å². The minimum Gasteiger partial charge on any atom is -0.383 e. The molecule has 3 heterocycles. The minimum absolute atomic E-state index is 0.280. The second-order valence-electron chi connectivity index (χ2n) is 7.42. The van der Waals surface area contributed by atoms with Gasteiger partial charge in [0.15, 0.2) is 6.29 Å². The number of pyridine rings is 2. The van der Waals surface area contributed by atoms with Gasteiger partial charge in [0.1, 0.15) is 23.4 Å². The number of piperidine rings is 1. The highest BCUT2D eigenvalue weighted by Gasteiger charge is 2.21. The molecule has 2 aromatic rings. The molecule has 3 rings (SSSR count). The number of hydrogen-bond acceptors (Lipinski definition) is 8. The summed E-state index contributed by atoms with van der Waals surface area (Å²) in [5, 5.41) is 18.3. The van der Waals surface area contributed by atoms with Crippen LogP contribution < -0.4 is 20.9 Å². The Morgan fingerprint density at radius 3 is 2.88 bits per heavy atom. The van der Waals surface area contributed by atoms with Gasteiger partial charge in [-0.3, -0.25) is 15.0 Å². The number of nitrogens with zero attached hydrogens (tertiary/aromatic N) is 4. The number of anilines is 3. The van der Waals surface area contributed by atoms with Crippen LogP contribution in [0.25, 0.3) is 0 Å². The summed E-state index contributed by atoms with van der Waals surface area (Å²) >= 11 is 0. The summed E-state index contributed by atoms with van der Waals surface area (Å²) in [6.07, 6.45) is 4.03. The van der Waals surface area contributed by atoms with E-state index in [1.54, 1.807) is 26.3 Å². The van der Waals surface area contributed by atoms with Crippen molar-refractivity contribution in [3.8, 4) is 6.07 Å². The molecule has 1 aliphatic heterocycles. The van der Waals surface area contributed by atoms with Crippen molar-refractivity contribution in [3.63, 3.8) is 0 Å². The average molecular weight is 438 g/mol. The molecule has 0 bridgehead atoms. The quantitative estimate of drug-likeness (QED) is 0.423. The van der Waals surface area contributed by atoms with Crippen LogP contribution in [0.2, 0.25) is 0 Å². The molecule has 32 heavy (non-hydrogen) atoms. The summed E-state index contributed by atoms with van der Waals surface area (Å²) in [5.74, 6) is 0.918. The summed E-state index contributed by atoms with van der Waals surface area (Å²) in [6, 6.07) is 6.80.